The molecule has 0 saturated heterocycles. The number of aliphatic hydroxyl groups excluding tert-OH is 1. The zero-order chi connectivity index (χ0) is 15.5. The van der Waals surface area contributed by atoms with Crippen LogP contribution < -0.4 is 5.32 Å². The molecule has 3 aromatic rings. The number of aliphatic hydroxyl groups is 1. The number of carbonyl (C=O) groups is 1. The molecule has 0 unspecified atom stereocenters. The summed E-state index contributed by atoms with van der Waals surface area (Å²) in [7, 11) is 0. The Morgan fingerprint density at radius 2 is 2.05 bits per heavy atom. The number of rotatable bonds is 4. The lowest BCUT2D eigenvalue weighted by atomic mass is 10.1. The summed E-state index contributed by atoms with van der Waals surface area (Å²) in [4.78, 5) is 12.2. The van der Waals surface area contributed by atoms with E-state index in [1.165, 1.54) is 0 Å². The number of fused-ring (bicyclic) bond motifs is 1. The van der Waals surface area contributed by atoms with E-state index >= 15 is 0 Å². The lowest BCUT2D eigenvalue weighted by Crippen LogP contribution is -2.28. The minimum atomic E-state index is -0.880. The average molecular weight is 317 g/mol. The number of aromatic nitrogens is 3. The number of H-pyrrole nitrogens is 1. The highest BCUT2D eigenvalue weighted by atomic mass is 35.5. The Labute approximate surface area is 131 Å². The van der Waals surface area contributed by atoms with Gasteiger partial charge >= 0.3 is 0 Å². The molecule has 6 nitrogen and oxygen atoms in total. The van der Waals surface area contributed by atoms with Crippen molar-refractivity contribution in [1.82, 2.24) is 20.7 Å². The first kappa shape index (κ1) is 14.5. The van der Waals surface area contributed by atoms with Crippen LogP contribution in [0.15, 0.2) is 42.5 Å². The van der Waals surface area contributed by atoms with E-state index in [-0.39, 0.29) is 12.5 Å². The summed E-state index contributed by atoms with van der Waals surface area (Å²) < 4.78 is 0. The zero-order valence-corrected chi connectivity index (χ0v) is 12.2. The van der Waals surface area contributed by atoms with Gasteiger partial charge in [-0.05, 0) is 18.2 Å². The van der Waals surface area contributed by atoms with Gasteiger partial charge in [0.25, 0.3) is 5.91 Å². The molecular weight excluding hydrogens is 304 g/mol. The SMILES string of the molecule is O=C(NC[C@@H](O)c1ccccc1Cl)c1cccc2n[nH]nc12. The van der Waals surface area contributed by atoms with Crippen molar-refractivity contribution in [3.63, 3.8) is 0 Å². The summed E-state index contributed by atoms with van der Waals surface area (Å²) in [6.07, 6.45) is -0.880. The van der Waals surface area contributed by atoms with Gasteiger partial charge in [0, 0.05) is 17.1 Å². The Bertz CT molecular complexity index is 818. The molecular formula is C15H13ClN4O2. The van der Waals surface area contributed by atoms with Gasteiger partial charge in [-0.25, -0.2) is 0 Å². The van der Waals surface area contributed by atoms with Crippen LogP contribution >= 0.6 is 11.6 Å². The van der Waals surface area contributed by atoms with Crippen LogP contribution in [-0.2, 0) is 0 Å². The van der Waals surface area contributed by atoms with E-state index < -0.39 is 6.10 Å². The third-order valence-corrected chi connectivity index (χ3v) is 3.66. The van der Waals surface area contributed by atoms with Gasteiger partial charge < -0.3 is 10.4 Å². The number of halogens is 1. The molecule has 0 aliphatic rings. The fourth-order valence-corrected chi connectivity index (χ4v) is 2.45. The number of para-hydroxylation sites is 1. The second-order valence-corrected chi connectivity index (χ2v) is 5.15. The van der Waals surface area contributed by atoms with Gasteiger partial charge in [0.2, 0.25) is 0 Å². The average Bonchev–Trinajstić information content (AvgIpc) is 3.01. The Balaban J connectivity index is 1.73. The molecule has 3 N–H and O–H groups in total. The lowest BCUT2D eigenvalue weighted by Gasteiger charge is -2.13. The Kier molecular flexibility index (Phi) is 4.04. The van der Waals surface area contributed by atoms with Gasteiger partial charge in [0.1, 0.15) is 11.0 Å². The first-order chi connectivity index (χ1) is 10.7. The molecule has 0 fully saturated rings. The molecule has 1 atom stereocenters. The summed E-state index contributed by atoms with van der Waals surface area (Å²) in [5.74, 6) is -0.328. The summed E-state index contributed by atoms with van der Waals surface area (Å²) in [6, 6.07) is 12.1. The van der Waals surface area contributed by atoms with Crippen molar-refractivity contribution in [2.24, 2.45) is 0 Å². The van der Waals surface area contributed by atoms with Crippen LogP contribution in [0.1, 0.15) is 22.0 Å². The normalized spacial score (nSPS) is 12.3. The molecule has 3 rings (SSSR count). The van der Waals surface area contributed by atoms with E-state index in [2.05, 4.69) is 20.7 Å². The second-order valence-electron chi connectivity index (χ2n) is 4.74. The van der Waals surface area contributed by atoms with E-state index in [1.807, 2.05) is 0 Å². The van der Waals surface area contributed by atoms with E-state index in [0.717, 1.165) is 0 Å². The second kappa shape index (κ2) is 6.13. The number of hydrogen-bond acceptors (Lipinski definition) is 4. The maximum Gasteiger partial charge on any atom is 0.253 e. The van der Waals surface area contributed by atoms with Crippen molar-refractivity contribution in [2.75, 3.05) is 6.54 Å². The first-order valence-electron chi connectivity index (χ1n) is 6.67. The molecule has 7 heteroatoms. The number of nitrogens with zero attached hydrogens (tertiary/aromatic N) is 2. The number of hydrogen-bond donors (Lipinski definition) is 3. The van der Waals surface area contributed by atoms with E-state index in [9.17, 15) is 9.90 Å². The Morgan fingerprint density at radius 3 is 2.86 bits per heavy atom. The van der Waals surface area contributed by atoms with Crippen LogP contribution in [0, 0.1) is 0 Å². The minimum absolute atomic E-state index is 0.0524. The summed E-state index contributed by atoms with van der Waals surface area (Å²) in [6.45, 7) is 0.0524. The number of carbonyl (C=O) groups excluding carboxylic acids is 1. The molecule has 2 aromatic carbocycles. The highest BCUT2D eigenvalue weighted by molar-refractivity contribution is 6.31. The van der Waals surface area contributed by atoms with E-state index in [4.69, 9.17) is 11.6 Å². The molecule has 0 aliphatic heterocycles. The van der Waals surface area contributed by atoms with Gasteiger partial charge in [0.05, 0.1) is 11.7 Å². The quantitative estimate of drug-likeness (QED) is 0.687. The van der Waals surface area contributed by atoms with Crippen molar-refractivity contribution in [2.45, 2.75) is 6.10 Å². The van der Waals surface area contributed by atoms with Gasteiger partial charge in [-0.1, -0.05) is 35.9 Å². The van der Waals surface area contributed by atoms with Gasteiger partial charge in [-0.3, -0.25) is 4.79 Å². The monoisotopic (exact) mass is 316 g/mol. The third-order valence-electron chi connectivity index (χ3n) is 3.31. The van der Waals surface area contributed by atoms with Crippen LogP contribution in [0.2, 0.25) is 5.02 Å². The molecule has 112 valence electrons. The predicted octanol–water partition coefficient (Wildman–Crippen LogP) is 2.07. The molecule has 22 heavy (non-hydrogen) atoms. The number of nitrogens with one attached hydrogen (secondary N) is 2. The molecule has 0 radical (unpaired) electrons. The zero-order valence-electron chi connectivity index (χ0n) is 11.5. The maximum atomic E-state index is 12.2. The lowest BCUT2D eigenvalue weighted by molar-refractivity contribution is 0.0918. The van der Waals surface area contributed by atoms with Crippen molar-refractivity contribution >= 4 is 28.5 Å². The smallest absolute Gasteiger partial charge is 0.253 e. The summed E-state index contributed by atoms with van der Waals surface area (Å²) in [5.41, 5.74) is 2.08. The molecule has 0 spiro atoms. The van der Waals surface area contributed by atoms with Crippen molar-refractivity contribution in [1.29, 1.82) is 0 Å². The van der Waals surface area contributed by atoms with Crippen molar-refractivity contribution in [3.05, 3.63) is 58.6 Å². The predicted molar refractivity (Wildman–Crippen MR) is 82.6 cm³/mol. The molecule has 0 aliphatic carbocycles. The topological polar surface area (TPSA) is 90.9 Å². The summed E-state index contributed by atoms with van der Waals surface area (Å²) in [5, 5.41) is 23.7. The molecule has 1 amide bonds. The summed E-state index contributed by atoms with van der Waals surface area (Å²) >= 11 is 6.02. The number of aromatic amines is 1. The maximum absolute atomic E-state index is 12.2. The standard InChI is InChI=1S/C15H13ClN4O2/c16-11-6-2-1-4-9(11)13(21)8-17-15(22)10-5-3-7-12-14(10)19-20-18-12/h1-7,13,21H,8H2,(H,17,22)(H,18,19,20)/t13-/m1/s1. The Hall–Kier alpha value is -2.44. The van der Waals surface area contributed by atoms with Gasteiger partial charge in [-0.2, -0.15) is 15.4 Å². The fourth-order valence-electron chi connectivity index (χ4n) is 2.19. The van der Waals surface area contributed by atoms with Gasteiger partial charge in [-0.15, -0.1) is 0 Å². The van der Waals surface area contributed by atoms with E-state index in [1.54, 1.807) is 42.5 Å². The van der Waals surface area contributed by atoms with Crippen molar-refractivity contribution in [3.8, 4) is 0 Å². The van der Waals surface area contributed by atoms with E-state index in [0.29, 0.717) is 27.2 Å². The fraction of sp³-hybridized carbons (Fsp3) is 0.133. The van der Waals surface area contributed by atoms with Crippen LogP contribution in [0.25, 0.3) is 11.0 Å². The first-order valence-corrected chi connectivity index (χ1v) is 7.05. The number of benzene rings is 2. The highest BCUT2D eigenvalue weighted by Crippen LogP contribution is 2.22. The van der Waals surface area contributed by atoms with Crippen LogP contribution in [0.5, 0.6) is 0 Å². The van der Waals surface area contributed by atoms with Crippen LogP contribution in [0.4, 0.5) is 0 Å². The molecule has 1 aromatic heterocycles. The van der Waals surface area contributed by atoms with Gasteiger partial charge in [0.15, 0.2) is 0 Å². The minimum Gasteiger partial charge on any atom is -0.387 e. The van der Waals surface area contributed by atoms with Crippen LogP contribution in [-0.4, -0.2) is 33.0 Å². The molecule has 0 bridgehead atoms. The highest BCUT2D eigenvalue weighted by Gasteiger charge is 2.16. The largest absolute Gasteiger partial charge is 0.387 e. The number of amides is 1. The third kappa shape index (κ3) is 2.79. The Morgan fingerprint density at radius 1 is 1.23 bits per heavy atom. The molecule has 1 heterocycles. The molecule has 0 saturated carbocycles. The van der Waals surface area contributed by atoms with Crippen molar-refractivity contribution < 1.29 is 9.90 Å². The van der Waals surface area contributed by atoms with Crippen LogP contribution in [0.3, 0.4) is 0 Å².